The molecule has 1 aromatic carbocycles. The first-order chi connectivity index (χ1) is 18.4. The van der Waals surface area contributed by atoms with Crippen LogP contribution in [0.4, 0.5) is 6.01 Å². The van der Waals surface area contributed by atoms with E-state index in [9.17, 15) is 4.79 Å². The Labute approximate surface area is 225 Å². The van der Waals surface area contributed by atoms with Gasteiger partial charge in [0, 0.05) is 36.2 Å². The molecule has 6 rings (SSSR count). The van der Waals surface area contributed by atoms with Crippen LogP contribution in [0.15, 0.2) is 40.9 Å². The van der Waals surface area contributed by atoms with Gasteiger partial charge >= 0.3 is 6.01 Å². The highest BCUT2D eigenvalue weighted by Gasteiger charge is 2.28. The maximum atomic E-state index is 12.3. The van der Waals surface area contributed by atoms with Crippen molar-refractivity contribution in [3.63, 3.8) is 0 Å². The molecular formula is C28H32N6O3S. The van der Waals surface area contributed by atoms with E-state index in [2.05, 4.69) is 46.1 Å². The van der Waals surface area contributed by atoms with Gasteiger partial charge in [0.1, 0.15) is 16.5 Å². The molecule has 38 heavy (non-hydrogen) atoms. The van der Waals surface area contributed by atoms with Crippen LogP contribution in [0.3, 0.4) is 0 Å². The number of piperidine rings is 1. The molecule has 4 heterocycles. The molecule has 1 saturated heterocycles. The molecule has 1 aliphatic carbocycles. The van der Waals surface area contributed by atoms with E-state index in [0.29, 0.717) is 28.7 Å². The van der Waals surface area contributed by atoms with Crippen LogP contribution in [0.1, 0.15) is 68.6 Å². The fourth-order valence-electron chi connectivity index (χ4n) is 4.70. The van der Waals surface area contributed by atoms with E-state index in [0.717, 1.165) is 66.2 Å². The number of fused-ring (bicyclic) bond motifs is 1. The Bertz CT molecular complexity index is 1420. The average Bonchev–Trinajstić information content (AvgIpc) is 3.43. The standard InChI is InChI=1S/C28H32N6O3S/c1-16(2)24-32-27(37-33-24)34-14-12-18(13-15-34)17(3)36-28-31-23-11-10-22(30-26(23)38-28)19-4-6-20(7-5-19)25(35)29-21-8-9-21/h4-7,10-11,16-18,21H,8-9,12-15H2,1-3H3,(H,29,35). The van der Waals surface area contributed by atoms with Crippen LogP contribution in [-0.4, -0.2) is 51.3 Å². The number of amides is 1. The molecule has 0 spiro atoms. The third-order valence-corrected chi connectivity index (χ3v) is 8.16. The minimum absolute atomic E-state index is 0.0126. The topological polar surface area (TPSA) is 106 Å². The van der Waals surface area contributed by atoms with Crippen molar-refractivity contribution in [2.24, 2.45) is 5.92 Å². The molecule has 2 aliphatic rings. The van der Waals surface area contributed by atoms with Gasteiger partial charge < -0.3 is 19.5 Å². The summed E-state index contributed by atoms with van der Waals surface area (Å²) in [5.41, 5.74) is 3.32. The van der Waals surface area contributed by atoms with Crippen LogP contribution in [-0.2, 0) is 0 Å². The zero-order valence-corrected chi connectivity index (χ0v) is 22.7. The number of hydrogen-bond acceptors (Lipinski definition) is 9. The summed E-state index contributed by atoms with van der Waals surface area (Å²) < 4.78 is 11.8. The van der Waals surface area contributed by atoms with E-state index in [-0.39, 0.29) is 17.9 Å². The summed E-state index contributed by atoms with van der Waals surface area (Å²) in [5, 5.41) is 7.75. The molecule has 1 amide bonds. The molecule has 0 radical (unpaired) electrons. The lowest BCUT2D eigenvalue weighted by Gasteiger charge is -2.33. The number of benzene rings is 1. The van der Waals surface area contributed by atoms with Gasteiger partial charge in [0.2, 0.25) is 0 Å². The lowest BCUT2D eigenvalue weighted by molar-refractivity contribution is 0.0951. The van der Waals surface area contributed by atoms with Gasteiger partial charge in [-0.25, -0.2) is 9.97 Å². The maximum absolute atomic E-state index is 12.3. The van der Waals surface area contributed by atoms with Gasteiger partial charge in [0.05, 0.1) is 5.69 Å². The van der Waals surface area contributed by atoms with Crippen LogP contribution >= 0.6 is 11.3 Å². The summed E-state index contributed by atoms with van der Waals surface area (Å²) in [7, 11) is 0. The number of hydrogen-bond donors (Lipinski definition) is 1. The number of aromatic nitrogens is 4. The first kappa shape index (κ1) is 24.8. The second-order valence-electron chi connectivity index (χ2n) is 10.6. The Balaban J connectivity index is 1.07. The van der Waals surface area contributed by atoms with Crippen LogP contribution in [0.25, 0.3) is 21.6 Å². The Kier molecular flexibility index (Phi) is 6.73. The van der Waals surface area contributed by atoms with E-state index >= 15 is 0 Å². The van der Waals surface area contributed by atoms with E-state index in [1.807, 2.05) is 36.4 Å². The van der Waals surface area contributed by atoms with Gasteiger partial charge in [-0.3, -0.25) is 4.79 Å². The highest BCUT2D eigenvalue weighted by Crippen LogP contribution is 2.32. The van der Waals surface area contributed by atoms with Gasteiger partial charge in [0.15, 0.2) is 5.82 Å². The molecule has 1 saturated carbocycles. The van der Waals surface area contributed by atoms with E-state index in [1.54, 1.807) is 0 Å². The molecule has 2 fully saturated rings. The third-order valence-electron chi connectivity index (χ3n) is 7.30. The number of carbonyl (C=O) groups excluding carboxylic acids is 1. The summed E-state index contributed by atoms with van der Waals surface area (Å²) in [6, 6.07) is 12.5. The predicted octanol–water partition coefficient (Wildman–Crippen LogP) is 5.44. The van der Waals surface area contributed by atoms with Crippen LogP contribution in [0.2, 0.25) is 0 Å². The zero-order chi connectivity index (χ0) is 26.2. The minimum atomic E-state index is -0.0126. The maximum Gasteiger partial charge on any atom is 0.324 e. The quantitative estimate of drug-likeness (QED) is 0.320. The molecule has 198 valence electrons. The summed E-state index contributed by atoms with van der Waals surface area (Å²) in [5.74, 6) is 1.41. The fourth-order valence-corrected chi connectivity index (χ4v) is 5.57. The van der Waals surface area contributed by atoms with E-state index in [4.69, 9.17) is 14.2 Å². The van der Waals surface area contributed by atoms with Gasteiger partial charge in [-0.05, 0) is 62.8 Å². The Morgan fingerprint density at radius 2 is 1.79 bits per heavy atom. The van der Waals surface area contributed by atoms with Crippen molar-refractivity contribution in [3.05, 3.63) is 47.8 Å². The van der Waals surface area contributed by atoms with Gasteiger partial charge in [-0.1, -0.05) is 42.5 Å². The predicted molar refractivity (Wildman–Crippen MR) is 147 cm³/mol. The minimum Gasteiger partial charge on any atom is -0.467 e. The molecule has 9 nitrogen and oxygen atoms in total. The van der Waals surface area contributed by atoms with Gasteiger partial charge in [-0.2, -0.15) is 4.98 Å². The smallest absolute Gasteiger partial charge is 0.324 e. The first-order valence-corrected chi connectivity index (χ1v) is 14.2. The lowest BCUT2D eigenvalue weighted by Crippen LogP contribution is -2.38. The van der Waals surface area contributed by atoms with Crippen molar-refractivity contribution in [2.75, 3.05) is 18.0 Å². The number of ether oxygens (including phenoxy) is 1. The molecule has 1 aliphatic heterocycles. The highest BCUT2D eigenvalue weighted by atomic mass is 32.1. The Morgan fingerprint density at radius 3 is 2.47 bits per heavy atom. The van der Waals surface area contributed by atoms with Crippen LogP contribution in [0, 0.1) is 5.92 Å². The molecule has 10 heteroatoms. The fraction of sp³-hybridized carbons (Fsp3) is 0.464. The third kappa shape index (κ3) is 5.36. The first-order valence-electron chi connectivity index (χ1n) is 13.4. The average molecular weight is 533 g/mol. The van der Waals surface area contributed by atoms with Crippen molar-refractivity contribution < 1.29 is 14.1 Å². The second kappa shape index (κ2) is 10.3. The SMILES string of the molecule is CC(C)c1noc(N2CCC(C(C)Oc3nc4ccc(-c5ccc(C(=O)NC6CC6)cc5)nc4s3)CC2)n1. The van der Waals surface area contributed by atoms with Crippen LogP contribution in [0.5, 0.6) is 5.19 Å². The molecule has 1 N–H and O–H groups in total. The Hall–Kier alpha value is -3.53. The number of thiazole rings is 1. The molecule has 4 aromatic rings. The van der Waals surface area contributed by atoms with Gasteiger partial charge in [-0.15, -0.1) is 0 Å². The largest absolute Gasteiger partial charge is 0.467 e. The van der Waals surface area contributed by atoms with Gasteiger partial charge in [0.25, 0.3) is 11.1 Å². The Morgan fingerprint density at radius 1 is 1.03 bits per heavy atom. The number of nitrogens with zero attached hydrogens (tertiary/aromatic N) is 5. The summed E-state index contributed by atoms with van der Waals surface area (Å²) in [6.07, 6.45) is 4.17. The van der Waals surface area contributed by atoms with Crippen molar-refractivity contribution in [1.82, 2.24) is 25.4 Å². The molecule has 1 atom stereocenters. The summed E-state index contributed by atoms with van der Waals surface area (Å²) in [6.45, 7) is 7.98. The molecule has 0 bridgehead atoms. The van der Waals surface area contributed by atoms with Crippen molar-refractivity contribution in [1.29, 1.82) is 0 Å². The van der Waals surface area contributed by atoms with E-state index in [1.165, 1.54) is 11.3 Å². The molecular weight excluding hydrogens is 500 g/mol. The number of nitrogens with one attached hydrogen (secondary N) is 1. The number of rotatable bonds is 8. The van der Waals surface area contributed by atoms with Crippen LogP contribution < -0.4 is 15.0 Å². The lowest BCUT2D eigenvalue weighted by atomic mass is 9.92. The van der Waals surface area contributed by atoms with Crippen molar-refractivity contribution in [3.8, 4) is 16.5 Å². The number of anilines is 1. The molecule has 1 unspecified atom stereocenters. The number of carbonyl (C=O) groups is 1. The van der Waals surface area contributed by atoms with E-state index < -0.39 is 0 Å². The summed E-state index contributed by atoms with van der Waals surface area (Å²) in [4.78, 5) is 29.3. The highest BCUT2D eigenvalue weighted by molar-refractivity contribution is 7.19. The van der Waals surface area contributed by atoms with Crippen molar-refractivity contribution >= 4 is 33.6 Å². The molecule has 3 aromatic heterocycles. The van der Waals surface area contributed by atoms with Crippen molar-refractivity contribution in [2.45, 2.75) is 64.5 Å². The zero-order valence-electron chi connectivity index (χ0n) is 21.9. The normalized spacial score (nSPS) is 17.2. The second-order valence-corrected chi connectivity index (χ2v) is 11.5. The summed E-state index contributed by atoms with van der Waals surface area (Å²) >= 11 is 1.47. The number of pyridine rings is 1. The monoisotopic (exact) mass is 532 g/mol.